The summed E-state index contributed by atoms with van der Waals surface area (Å²) >= 11 is 0. The van der Waals surface area contributed by atoms with E-state index in [4.69, 9.17) is 28.4 Å². The van der Waals surface area contributed by atoms with E-state index in [1.165, 1.54) is 5.56 Å². The molecule has 6 nitrogen and oxygen atoms in total. The van der Waals surface area contributed by atoms with Crippen molar-refractivity contribution in [1.29, 1.82) is 0 Å². The molecule has 3 aromatic carbocycles. The van der Waals surface area contributed by atoms with E-state index in [1.807, 2.05) is 48.5 Å². The van der Waals surface area contributed by atoms with E-state index >= 15 is 0 Å². The third kappa shape index (κ3) is 7.80. The Balaban J connectivity index is 1.13. The van der Waals surface area contributed by atoms with Gasteiger partial charge in [0.2, 0.25) is 0 Å². The maximum absolute atomic E-state index is 6.22. The molecule has 2 heterocycles. The molecule has 0 spiro atoms. The first kappa shape index (κ1) is 23.8. The van der Waals surface area contributed by atoms with Gasteiger partial charge < -0.3 is 28.4 Å². The van der Waals surface area contributed by atoms with E-state index in [-0.39, 0.29) is 12.2 Å². The van der Waals surface area contributed by atoms with Gasteiger partial charge in [-0.3, -0.25) is 0 Å². The minimum absolute atomic E-state index is 0.182. The predicted octanol–water partition coefficient (Wildman–Crippen LogP) is 4.55. The van der Waals surface area contributed by atoms with Crippen molar-refractivity contribution >= 4 is 0 Å². The summed E-state index contributed by atoms with van der Waals surface area (Å²) < 4.78 is 34.4. The van der Waals surface area contributed by atoms with Crippen LogP contribution in [0.3, 0.4) is 0 Å². The predicted molar refractivity (Wildman–Crippen MR) is 133 cm³/mol. The second-order valence-corrected chi connectivity index (χ2v) is 8.82. The number of hydrogen-bond donors (Lipinski definition) is 0. The maximum atomic E-state index is 6.22. The SMILES string of the molecule is c1ccc(-c2ccccc2OCC(COc2ccc(CCOCC3CO3)cc2)OCC2CO2)cc1. The zero-order chi connectivity index (χ0) is 23.7. The smallest absolute Gasteiger partial charge is 0.127 e. The van der Waals surface area contributed by atoms with Gasteiger partial charge in [-0.1, -0.05) is 60.7 Å². The number of epoxide rings is 2. The average Bonchev–Trinajstić information content (AvgIpc) is 3.83. The van der Waals surface area contributed by atoms with Gasteiger partial charge in [-0.25, -0.2) is 0 Å². The highest BCUT2D eigenvalue weighted by molar-refractivity contribution is 5.70. The van der Waals surface area contributed by atoms with Crippen molar-refractivity contribution in [3.63, 3.8) is 0 Å². The summed E-state index contributed by atoms with van der Waals surface area (Å²) in [5.74, 6) is 1.64. The Morgan fingerprint density at radius 3 is 2.20 bits per heavy atom. The van der Waals surface area contributed by atoms with Crippen LogP contribution in [0.15, 0.2) is 78.9 Å². The molecule has 0 amide bonds. The van der Waals surface area contributed by atoms with Crippen LogP contribution in [0.1, 0.15) is 5.56 Å². The van der Waals surface area contributed by atoms with Crippen LogP contribution in [0.2, 0.25) is 0 Å². The topological polar surface area (TPSA) is 62.0 Å². The fraction of sp³-hybridized carbons (Fsp3) is 0.379. The molecule has 0 N–H and O–H groups in total. The molecule has 0 bridgehead atoms. The van der Waals surface area contributed by atoms with Gasteiger partial charge in [0.1, 0.15) is 43.0 Å². The van der Waals surface area contributed by atoms with Gasteiger partial charge in [0.05, 0.1) is 33.0 Å². The van der Waals surface area contributed by atoms with Crippen molar-refractivity contribution < 1.29 is 28.4 Å². The lowest BCUT2D eigenvalue weighted by Crippen LogP contribution is -2.30. The van der Waals surface area contributed by atoms with Crippen molar-refractivity contribution in [1.82, 2.24) is 0 Å². The molecule has 0 saturated carbocycles. The highest BCUT2D eigenvalue weighted by atomic mass is 16.6. The number of rotatable bonds is 15. The first-order valence-electron chi connectivity index (χ1n) is 12.2. The van der Waals surface area contributed by atoms with Gasteiger partial charge in [0.25, 0.3) is 0 Å². The summed E-state index contributed by atoms with van der Waals surface area (Å²) in [6.07, 6.45) is 1.14. The first-order valence-corrected chi connectivity index (χ1v) is 12.2. The van der Waals surface area contributed by atoms with Crippen molar-refractivity contribution in [3.8, 4) is 22.6 Å². The third-order valence-corrected chi connectivity index (χ3v) is 5.92. The normalized spacial score (nSPS) is 19.2. The Bertz CT molecular complexity index is 1030. The number of benzene rings is 3. The minimum atomic E-state index is -0.222. The molecule has 3 aromatic rings. The molecule has 2 fully saturated rings. The molecule has 3 atom stereocenters. The maximum Gasteiger partial charge on any atom is 0.127 e. The zero-order valence-corrected chi connectivity index (χ0v) is 19.8. The number of hydrogen-bond acceptors (Lipinski definition) is 6. The molecule has 2 aliphatic heterocycles. The fourth-order valence-corrected chi connectivity index (χ4v) is 3.69. The van der Waals surface area contributed by atoms with E-state index in [1.54, 1.807) is 0 Å². The standard InChI is InChI=1S/C29H32O6/c1-2-6-23(7-3-1)28-8-4-5-9-29(28)35-21-27(34-20-26-19-33-26)18-31-24-12-10-22(11-13-24)14-15-30-16-25-17-32-25/h1-13,25-27H,14-21H2. The lowest BCUT2D eigenvalue weighted by Gasteiger charge is -2.20. The second kappa shape index (κ2) is 12.2. The molecule has 184 valence electrons. The summed E-state index contributed by atoms with van der Waals surface area (Å²) in [5, 5.41) is 0. The summed E-state index contributed by atoms with van der Waals surface area (Å²) in [4.78, 5) is 0. The van der Waals surface area contributed by atoms with E-state index in [9.17, 15) is 0 Å². The summed E-state index contributed by atoms with van der Waals surface area (Å²) in [5.41, 5.74) is 3.39. The molecular formula is C29H32O6. The summed E-state index contributed by atoms with van der Waals surface area (Å²) in [6, 6.07) is 26.4. The largest absolute Gasteiger partial charge is 0.491 e. The third-order valence-electron chi connectivity index (χ3n) is 5.92. The summed E-state index contributed by atoms with van der Waals surface area (Å²) in [6.45, 7) is 4.29. The lowest BCUT2D eigenvalue weighted by molar-refractivity contribution is -0.0130. The highest BCUT2D eigenvalue weighted by Crippen LogP contribution is 2.29. The Morgan fingerprint density at radius 2 is 1.43 bits per heavy atom. The molecule has 35 heavy (non-hydrogen) atoms. The van der Waals surface area contributed by atoms with Crippen molar-refractivity contribution in [2.75, 3.05) is 46.2 Å². The molecule has 0 aliphatic carbocycles. The Kier molecular flexibility index (Phi) is 8.29. The first-order chi connectivity index (χ1) is 17.3. The van der Waals surface area contributed by atoms with Crippen LogP contribution in [0, 0.1) is 0 Å². The van der Waals surface area contributed by atoms with E-state index in [2.05, 4.69) is 30.3 Å². The zero-order valence-electron chi connectivity index (χ0n) is 19.8. The second-order valence-electron chi connectivity index (χ2n) is 8.82. The fourth-order valence-electron chi connectivity index (χ4n) is 3.69. The van der Waals surface area contributed by atoms with Gasteiger partial charge in [0, 0.05) is 5.56 Å². The van der Waals surface area contributed by atoms with Gasteiger partial charge in [-0.15, -0.1) is 0 Å². The van der Waals surface area contributed by atoms with E-state index < -0.39 is 0 Å². The monoisotopic (exact) mass is 476 g/mol. The van der Waals surface area contributed by atoms with Gasteiger partial charge >= 0.3 is 0 Å². The Hall–Kier alpha value is -2.90. The van der Waals surface area contributed by atoms with Crippen molar-refractivity contribution in [2.24, 2.45) is 0 Å². The molecule has 0 aromatic heterocycles. The minimum Gasteiger partial charge on any atom is -0.491 e. The molecule has 2 aliphatic rings. The van der Waals surface area contributed by atoms with Crippen LogP contribution < -0.4 is 9.47 Å². The Labute approximate surface area is 206 Å². The molecule has 0 radical (unpaired) electrons. The van der Waals surface area contributed by atoms with Crippen LogP contribution in [0.5, 0.6) is 11.5 Å². The number of para-hydroxylation sites is 1. The van der Waals surface area contributed by atoms with Gasteiger partial charge in [-0.2, -0.15) is 0 Å². The van der Waals surface area contributed by atoms with Crippen LogP contribution in [-0.4, -0.2) is 64.6 Å². The van der Waals surface area contributed by atoms with Crippen molar-refractivity contribution in [3.05, 3.63) is 84.4 Å². The van der Waals surface area contributed by atoms with Crippen LogP contribution >= 0.6 is 0 Å². The van der Waals surface area contributed by atoms with Crippen LogP contribution in [0.4, 0.5) is 0 Å². The van der Waals surface area contributed by atoms with Crippen molar-refractivity contribution in [2.45, 2.75) is 24.7 Å². The molecule has 2 saturated heterocycles. The molecular weight excluding hydrogens is 444 g/mol. The van der Waals surface area contributed by atoms with Crippen LogP contribution in [0.25, 0.3) is 11.1 Å². The lowest BCUT2D eigenvalue weighted by atomic mass is 10.1. The quantitative estimate of drug-likeness (QED) is 0.237. The highest BCUT2D eigenvalue weighted by Gasteiger charge is 2.25. The van der Waals surface area contributed by atoms with Gasteiger partial charge in [-0.05, 0) is 35.7 Å². The van der Waals surface area contributed by atoms with Crippen LogP contribution in [-0.2, 0) is 25.4 Å². The molecule has 6 heteroatoms. The molecule has 3 unspecified atom stereocenters. The van der Waals surface area contributed by atoms with Gasteiger partial charge in [0.15, 0.2) is 0 Å². The average molecular weight is 477 g/mol. The Morgan fingerprint density at radius 1 is 0.743 bits per heavy atom. The summed E-state index contributed by atoms with van der Waals surface area (Å²) in [7, 11) is 0. The van der Waals surface area contributed by atoms with E-state index in [0.29, 0.717) is 39.1 Å². The van der Waals surface area contributed by atoms with E-state index in [0.717, 1.165) is 42.3 Å². The number of ether oxygens (including phenoxy) is 6. The molecule has 5 rings (SSSR count).